The molecular weight excluding hydrogens is 352 g/mol. The van der Waals surface area contributed by atoms with Crippen molar-refractivity contribution in [1.29, 1.82) is 0 Å². The van der Waals surface area contributed by atoms with E-state index in [0.29, 0.717) is 19.3 Å². The molecule has 1 fully saturated rings. The average molecular weight is 383 g/mol. The molecule has 1 aromatic heterocycles. The summed E-state index contributed by atoms with van der Waals surface area (Å²) in [4.78, 5) is 21.5. The van der Waals surface area contributed by atoms with Crippen LogP contribution in [0.3, 0.4) is 0 Å². The summed E-state index contributed by atoms with van der Waals surface area (Å²) >= 11 is 0. The van der Waals surface area contributed by atoms with Gasteiger partial charge in [0.2, 0.25) is 0 Å². The van der Waals surface area contributed by atoms with Gasteiger partial charge in [-0.2, -0.15) is 0 Å². The fraction of sp³-hybridized carbons (Fsp3) is 0.750. The van der Waals surface area contributed by atoms with Crippen LogP contribution in [0, 0.1) is 11.8 Å². The van der Waals surface area contributed by atoms with E-state index in [0.717, 1.165) is 23.4 Å². The Morgan fingerprint density at radius 3 is 2.56 bits per heavy atom. The van der Waals surface area contributed by atoms with E-state index in [4.69, 9.17) is 0 Å². The molecule has 0 saturated heterocycles. The Labute approximate surface area is 160 Å². The van der Waals surface area contributed by atoms with Crippen molar-refractivity contribution in [3.63, 3.8) is 0 Å². The summed E-state index contributed by atoms with van der Waals surface area (Å²) < 4.78 is 28.4. The third kappa shape index (κ3) is 5.59. The van der Waals surface area contributed by atoms with Crippen molar-refractivity contribution in [3.05, 3.63) is 18.1 Å². The van der Waals surface area contributed by atoms with Crippen molar-refractivity contribution in [2.45, 2.75) is 77.6 Å². The lowest BCUT2D eigenvalue weighted by Crippen LogP contribution is -2.41. The molecule has 2 rings (SSSR count). The van der Waals surface area contributed by atoms with Crippen LogP contribution in [0.15, 0.2) is 12.4 Å². The Bertz CT molecular complexity index is 629. The van der Waals surface area contributed by atoms with Gasteiger partial charge in [0.05, 0.1) is 18.1 Å². The number of carboxylic acid groups (broad SMARTS) is 1. The summed E-state index contributed by atoms with van der Waals surface area (Å²) in [5, 5.41) is 9.61. The molecule has 1 saturated carbocycles. The number of anilines is 1. The van der Waals surface area contributed by atoms with E-state index in [9.17, 15) is 18.7 Å². The van der Waals surface area contributed by atoms with E-state index in [2.05, 4.69) is 9.97 Å². The van der Waals surface area contributed by atoms with Crippen LogP contribution in [-0.4, -0.2) is 33.6 Å². The predicted molar refractivity (Wildman–Crippen MR) is 101 cm³/mol. The molecule has 2 unspecified atom stereocenters. The van der Waals surface area contributed by atoms with Crippen molar-refractivity contribution in [3.8, 4) is 0 Å². The van der Waals surface area contributed by atoms with Crippen LogP contribution < -0.4 is 4.90 Å². The normalized spacial score (nSPS) is 22.4. The van der Waals surface area contributed by atoms with Crippen LogP contribution in [0.4, 0.5) is 19.4 Å². The van der Waals surface area contributed by atoms with E-state index < -0.39 is 17.9 Å². The third-order valence-corrected chi connectivity index (χ3v) is 5.36. The number of halogens is 2. The predicted octanol–water partition coefficient (Wildman–Crippen LogP) is 5.50. The minimum Gasteiger partial charge on any atom is -0.465 e. The summed E-state index contributed by atoms with van der Waals surface area (Å²) in [6, 6.07) is 0. The molecule has 2 atom stereocenters. The summed E-state index contributed by atoms with van der Waals surface area (Å²) in [6.07, 6.45) is 4.57. The fourth-order valence-electron chi connectivity index (χ4n) is 3.61. The molecule has 0 aliphatic heterocycles. The molecule has 1 heterocycles. The van der Waals surface area contributed by atoms with E-state index in [-0.39, 0.29) is 30.1 Å². The average Bonchev–Trinajstić information content (AvgIpc) is 2.58. The lowest BCUT2D eigenvalue weighted by atomic mass is 9.76. The summed E-state index contributed by atoms with van der Waals surface area (Å²) in [6.45, 7) is 8.18. The highest BCUT2D eigenvalue weighted by Crippen LogP contribution is 2.43. The molecule has 1 aliphatic carbocycles. The molecule has 7 heteroatoms. The molecule has 1 aromatic rings. The lowest BCUT2D eigenvalue weighted by molar-refractivity contribution is -0.0998. The molecule has 0 bridgehead atoms. The number of carbonyl (C=O) groups is 1. The topological polar surface area (TPSA) is 66.3 Å². The minimum atomic E-state index is -2.64. The molecule has 1 amide bonds. The summed E-state index contributed by atoms with van der Waals surface area (Å²) in [5.74, 6) is -3.15. The van der Waals surface area contributed by atoms with Gasteiger partial charge in [0, 0.05) is 24.3 Å². The van der Waals surface area contributed by atoms with Crippen LogP contribution in [-0.2, 0) is 5.41 Å². The first-order valence-electron chi connectivity index (χ1n) is 9.75. The van der Waals surface area contributed by atoms with Crippen molar-refractivity contribution >= 4 is 11.9 Å². The second kappa shape index (κ2) is 8.48. The molecule has 27 heavy (non-hydrogen) atoms. The smallest absolute Gasteiger partial charge is 0.413 e. The Hall–Kier alpha value is -1.79. The first-order valence-corrected chi connectivity index (χ1v) is 9.75. The summed E-state index contributed by atoms with van der Waals surface area (Å²) in [5.41, 5.74) is 0.592. The van der Waals surface area contributed by atoms with Gasteiger partial charge in [-0.1, -0.05) is 40.5 Å². The van der Waals surface area contributed by atoms with Gasteiger partial charge in [0.25, 0.3) is 5.92 Å². The second-order valence-electron chi connectivity index (χ2n) is 8.64. The van der Waals surface area contributed by atoms with Gasteiger partial charge in [0.1, 0.15) is 0 Å². The zero-order valence-electron chi connectivity index (χ0n) is 16.7. The number of rotatable bonds is 6. The van der Waals surface area contributed by atoms with Crippen LogP contribution in [0.1, 0.15) is 71.9 Å². The van der Waals surface area contributed by atoms with Gasteiger partial charge >= 0.3 is 6.09 Å². The third-order valence-electron chi connectivity index (χ3n) is 5.36. The first kappa shape index (κ1) is 21.5. The van der Waals surface area contributed by atoms with Gasteiger partial charge in [0.15, 0.2) is 5.82 Å². The Kier molecular flexibility index (Phi) is 6.76. The van der Waals surface area contributed by atoms with Gasteiger partial charge in [-0.05, 0) is 25.2 Å². The van der Waals surface area contributed by atoms with E-state index >= 15 is 0 Å². The quantitative estimate of drug-likeness (QED) is 0.704. The van der Waals surface area contributed by atoms with Crippen LogP contribution >= 0.6 is 0 Å². The monoisotopic (exact) mass is 383 g/mol. The van der Waals surface area contributed by atoms with Crippen molar-refractivity contribution in [2.24, 2.45) is 11.8 Å². The van der Waals surface area contributed by atoms with Gasteiger partial charge < -0.3 is 5.11 Å². The molecule has 0 spiro atoms. The van der Waals surface area contributed by atoms with Crippen LogP contribution in [0.25, 0.3) is 0 Å². The van der Waals surface area contributed by atoms with Crippen molar-refractivity contribution in [2.75, 3.05) is 11.4 Å². The zero-order chi connectivity index (χ0) is 20.2. The standard InChI is InChI=1S/C20H31F2N3O2/c1-5-6-7-15-10-14(8-9-20(15,21)22)13-25(18(26)27)17-12-23-16(11-24-17)19(2,3)4/h11-12,14-15H,5-10,13H2,1-4H3,(H,26,27). The highest BCUT2D eigenvalue weighted by Gasteiger charge is 2.44. The van der Waals surface area contributed by atoms with Gasteiger partial charge in [-0.25, -0.2) is 18.6 Å². The highest BCUT2D eigenvalue weighted by atomic mass is 19.3. The van der Waals surface area contributed by atoms with E-state index in [1.54, 1.807) is 6.20 Å². The number of aromatic nitrogens is 2. The number of amides is 1. The van der Waals surface area contributed by atoms with Gasteiger partial charge in [-0.3, -0.25) is 9.88 Å². The maximum absolute atomic E-state index is 14.2. The molecule has 1 aliphatic rings. The lowest BCUT2D eigenvalue weighted by Gasteiger charge is -2.37. The summed E-state index contributed by atoms with van der Waals surface area (Å²) in [7, 11) is 0. The number of hydrogen-bond donors (Lipinski definition) is 1. The maximum atomic E-state index is 14.2. The maximum Gasteiger partial charge on any atom is 0.413 e. The Balaban J connectivity index is 2.11. The Morgan fingerprint density at radius 1 is 1.33 bits per heavy atom. The molecule has 5 nitrogen and oxygen atoms in total. The molecule has 1 N–H and O–H groups in total. The first-order chi connectivity index (χ1) is 12.5. The number of alkyl halides is 2. The number of nitrogens with zero attached hydrogens (tertiary/aromatic N) is 3. The van der Waals surface area contributed by atoms with Crippen LogP contribution in [0.2, 0.25) is 0 Å². The molecular formula is C20H31F2N3O2. The van der Waals surface area contributed by atoms with Crippen molar-refractivity contribution < 1.29 is 18.7 Å². The number of hydrogen-bond acceptors (Lipinski definition) is 3. The van der Waals surface area contributed by atoms with Gasteiger partial charge in [-0.15, -0.1) is 0 Å². The number of unbranched alkanes of at least 4 members (excludes halogenated alkanes) is 1. The highest BCUT2D eigenvalue weighted by molar-refractivity contribution is 5.84. The van der Waals surface area contributed by atoms with E-state index in [1.165, 1.54) is 6.20 Å². The zero-order valence-corrected chi connectivity index (χ0v) is 16.7. The largest absolute Gasteiger partial charge is 0.465 e. The second-order valence-corrected chi connectivity index (χ2v) is 8.64. The van der Waals surface area contributed by atoms with Crippen LogP contribution in [0.5, 0.6) is 0 Å². The SMILES string of the molecule is CCCCC1CC(CN(C(=O)O)c2cnc(C(C)(C)C)cn2)CCC1(F)F. The molecule has 0 aromatic carbocycles. The molecule has 0 radical (unpaired) electrons. The van der Waals surface area contributed by atoms with E-state index in [1.807, 2.05) is 27.7 Å². The minimum absolute atomic E-state index is 0.0910. The fourth-order valence-corrected chi connectivity index (χ4v) is 3.61. The Morgan fingerprint density at radius 2 is 2.04 bits per heavy atom. The van der Waals surface area contributed by atoms with Crippen molar-refractivity contribution in [1.82, 2.24) is 9.97 Å². The molecule has 152 valence electrons.